The molecule has 0 saturated heterocycles. The second-order valence-corrected chi connectivity index (χ2v) is 5.07. The Morgan fingerprint density at radius 1 is 1.41 bits per heavy atom. The molecule has 0 aromatic carbocycles. The Balaban J connectivity index is 2.07. The van der Waals surface area contributed by atoms with Crippen LogP contribution in [0, 0.1) is 17.7 Å². The molecule has 0 radical (unpaired) electrons. The Hall–Kier alpha value is -1.39. The first-order valence-electron chi connectivity index (χ1n) is 6.11. The van der Waals surface area contributed by atoms with Gasteiger partial charge in [0.2, 0.25) is 5.95 Å². The summed E-state index contributed by atoms with van der Waals surface area (Å²) in [5.41, 5.74) is 5.46. The standard InChI is InChI=1S/C12H19FN4/c1-7-3-4-10(8(2)5-7)16-11-9(13)6-15-12(14)17-11/h6-8,10H,3-5H2,1-2H3,(H3,14,15,16,17). The first-order valence-corrected chi connectivity index (χ1v) is 6.11. The summed E-state index contributed by atoms with van der Waals surface area (Å²) in [5.74, 6) is 1.16. The van der Waals surface area contributed by atoms with Gasteiger partial charge >= 0.3 is 0 Å². The summed E-state index contributed by atoms with van der Waals surface area (Å²) < 4.78 is 13.5. The molecule has 17 heavy (non-hydrogen) atoms. The van der Waals surface area contributed by atoms with Crippen molar-refractivity contribution >= 4 is 11.8 Å². The molecule has 3 atom stereocenters. The smallest absolute Gasteiger partial charge is 0.222 e. The van der Waals surface area contributed by atoms with Crippen molar-refractivity contribution in [3.63, 3.8) is 0 Å². The highest BCUT2D eigenvalue weighted by Crippen LogP contribution is 2.30. The van der Waals surface area contributed by atoms with Crippen molar-refractivity contribution in [1.29, 1.82) is 0 Å². The molecule has 3 N–H and O–H groups in total. The lowest BCUT2D eigenvalue weighted by Gasteiger charge is -2.33. The third-order valence-corrected chi connectivity index (χ3v) is 3.52. The Bertz CT molecular complexity index is 396. The predicted molar refractivity (Wildman–Crippen MR) is 66.0 cm³/mol. The van der Waals surface area contributed by atoms with Crippen LogP contribution in [0.15, 0.2) is 6.20 Å². The van der Waals surface area contributed by atoms with E-state index in [2.05, 4.69) is 29.1 Å². The number of aromatic nitrogens is 2. The Kier molecular flexibility index (Phi) is 3.45. The number of hydrogen-bond donors (Lipinski definition) is 2. The minimum absolute atomic E-state index is 0.103. The minimum Gasteiger partial charge on any atom is -0.368 e. The predicted octanol–water partition coefficient (Wildman–Crippen LogP) is 2.43. The third kappa shape index (κ3) is 2.84. The van der Waals surface area contributed by atoms with Gasteiger partial charge in [0.25, 0.3) is 0 Å². The fourth-order valence-electron chi connectivity index (χ4n) is 2.54. The molecule has 0 spiro atoms. The summed E-state index contributed by atoms with van der Waals surface area (Å²) in [4.78, 5) is 7.52. The van der Waals surface area contributed by atoms with Gasteiger partial charge in [-0.05, 0) is 31.1 Å². The van der Waals surface area contributed by atoms with Crippen LogP contribution in [0.3, 0.4) is 0 Å². The summed E-state index contributed by atoms with van der Waals surface area (Å²) in [5, 5.41) is 3.15. The number of rotatable bonds is 2. The van der Waals surface area contributed by atoms with Gasteiger partial charge < -0.3 is 11.1 Å². The van der Waals surface area contributed by atoms with E-state index in [1.54, 1.807) is 0 Å². The van der Waals surface area contributed by atoms with Crippen LogP contribution < -0.4 is 11.1 Å². The number of hydrogen-bond acceptors (Lipinski definition) is 4. The van der Waals surface area contributed by atoms with Crippen LogP contribution in [-0.4, -0.2) is 16.0 Å². The molecule has 2 rings (SSSR count). The maximum atomic E-state index is 13.5. The average molecular weight is 238 g/mol. The van der Waals surface area contributed by atoms with Gasteiger partial charge in [0, 0.05) is 6.04 Å². The molecule has 0 amide bonds. The van der Waals surface area contributed by atoms with Crippen molar-refractivity contribution < 1.29 is 4.39 Å². The van der Waals surface area contributed by atoms with Gasteiger partial charge in [-0.1, -0.05) is 13.8 Å². The van der Waals surface area contributed by atoms with E-state index in [4.69, 9.17) is 5.73 Å². The van der Waals surface area contributed by atoms with E-state index in [1.807, 2.05) is 0 Å². The van der Waals surface area contributed by atoms with Crippen LogP contribution in [-0.2, 0) is 0 Å². The zero-order chi connectivity index (χ0) is 12.4. The van der Waals surface area contributed by atoms with Gasteiger partial charge in [0.1, 0.15) is 0 Å². The largest absolute Gasteiger partial charge is 0.368 e. The molecule has 0 bridgehead atoms. The van der Waals surface area contributed by atoms with Crippen LogP contribution in [0.5, 0.6) is 0 Å². The number of nitrogens with two attached hydrogens (primary N) is 1. The topological polar surface area (TPSA) is 63.8 Å². The number of nitrogens with zero attached hydrogens (tertiary/aromatic N) is 2. The van der Waals surface area contributed by atoms with E-state index in [-0.39, 0.29) is 17.8 Å². The molecule has 5 heteroatoms. The second kappa shape index (κ2) is 4.85. The Morgan fingerprint density at radius 2 is 2.18 bits per heavy atom. The van der Waals surface area contributed by atoms with E-state index in [0.29, 0.717) is 5.92 Å². The number of nitrogens with one attached hydrogen (secondary N) is 1. The first kappa shape index (κ1) is 12.1. The van der Waals surface area contributed by atoms with E-state index in [0.717, 1.165) is 18.5 Å². The SMILES string of the molecule is CC1CCC(Nc2nc(N)ncc2F)C(C)C1. The summed E-state index contributed by atoms with van der Waals surface area (Å²) >= 11 is 0. The minimum atomic E-state index is -0.440. The van der Waals surface area contributed by atoms with Crippen molar-refractivity contribution in [3.8, 4) is 0 Å². The molecule has 1 aliphatic rings. The van der Waals surface area contributed by atoms with Gasteiger partial charge in [0.05, 0.1) is 6.20 Å². The fourth-order valence-corrected chi connectivity index (χ4v) is 2.54. The van der Waals surface area contributed by atoms with Crippen LogP contribution >= 0.6 is 0 Å². The maximum Gasteiger partial charge on any atom is 0.222 e. The quantitative estimate of drug-likeness (QED) is 0.830. The Labute approximate surface area is 101 Å². The van der Waals surface area contributed by atoms with Gasteiger partial charge in [-0.3, -0.25) is 0 Å². The van der Waals surface area contributed by atoms with Crippen LogP contribution in [0.4, 0.5) is 16.2 Å². The molecule has 1 aromatic heterocycles. The van der Waals surface area contributed by atoms with Crippen molar-refractivity contribution in [2.75, 3.05) is 11.1 Å². The molecule has 3 unspecified atom stereocenters. The van der Waals surface area contributed by atoms with Gasteiger partial charge in [-0.15, -0.1) is 0 Å². The van der Waals surface area contributed by atoms with E-state index >= 15 is 0 Å². The molecule has 1 heterocycles. The van der Waals surface area contributed by atoms with Crippen LogP contribution in [0.25, 0.3) is 0 Å². The monoisotopic (exact) mass is 238 g/mol. The zero-order valence-electron chi connectivity index (χ0n) is 10.3. The first-order chi connectivity index (χ1) is 8.06. The highest BCUT2D eigenvalue weighted by molar-refractivity contribution is 5.40. The lowest BCUT2D eigenvalue weighted by atomic mass is 9.80. The lowest BCUT2D eigenvalue weighted by Crippen LogP contribution is -2.33. The molecule has 1 fully saturated rings. The normalized spacial score (nSPS) is 29.0. The van der Waals surface area contributed by atoms with Crippen molar-refractivity contribution in [2.45, 2.75) is 39.2 Å². The average Bonchev–Trinajstić information content (AvgIpc) is 2.27. The van der Waals surface area contributed by atoms with Crippen LogP contribution in [0.2, 0.25) is 0 Å². The van der Waals surface area contributed by atoms with Crippen LogP contribution in [0.1, 0.15) is 33.1 Å². The summed E-state index contributed by atoms with van der Waals surface area (Å²) in [6.45, 7) is 4.45. The fraction of sp³-hybridized carbons (Fsp3) is 0.667. The van der Waals surface area contributed by atoms with Crippen molar-refractivity contribution in [3.05, 3.63) is 12.0 Å². The number of halogens is 1. The summed E-state index contributed by atoms with van der Waals surface area (Å²) in [6.07, 6.45) is 4.50. The lowest BCUT2D eigenvalue weighted by molar-refractivity contribution is 0.275. The van der Waals surface area contributed by atoms with Crippen molar-refractivity contribution in [2.24, 2.45) is 11.8 Å². The molecule has 1 aromatic rings. The van der Waals surface area contributed by atoms with E-state index < -0.39 is 5.82 Å². The molecule has 1 saturated carbocycles. The van der Waals surface area contributed by atoms with E-state index in [1.165, 1.54) is 12.8 Å². The van der Waals surface area contributed by atoms with E-state index in [9.17, 15) is 4.39 Å². The molecule has 0 aliphatic heterocycles. The Morgan fingerprint density at radius 3 is 2.88 bits per heavy atom. The molecule has 4 nitrogen and oxygen atoms in total. The highest BCUT2D eigenvalue weighted by atomic mass is 19.1. The maximum absolute atomic E-state index is 13.5. The van der Waals surface area contributed by atoms with Gasteiger partial charge in [-0.2, -0.15) is 4.98 Å². The molecular weight excluding hydrogens is 219 g/mol. The number of anilines is 2. The zero-order valence-corrected chi connectivity index (χ0v) is 10.3. The highest BCUT2D eigenvalue weighted by Gasteiger charge is 2.26. The molecular formula is C12H19FN4. The summed E-state index contributed by atoms with van der Waals surface area (Å²) in [7, 11) is 0. The van der Waals surface area contributed by atoms with Gasteiger partial charge in [-0.25, -0.2) is 9.37 Å². The number of nitrogen functional groups attached to an aromatic ring is 1. The third-order valence-electron chi connectivity index (χ3n) is 3.52. The molecule has 1 aliphatic carbocycles. The summed E-state index contributed by atoms with van der Waals surface area (Å²) in [6, 6.07) is 0.273. The van der Waals surface area contributed by atoms with Crippen molar-refractivity contribution in [1.82, 2.24) is 9.97 Å². The van der Waals surface area contributed by atoms with Gasteiger partial charge in [0.15, 0.2) is 11.6 Å². The molecule has 94 valence electrons. The second-order valence-electron chi connectivity index (χ2n) is 5.07.